The molecule has 0 unspecified atom stereocenters. The molecule has 0 aromatic heterocycles. The molecule has 1 rings (SSSR count). The van der Waals surface area contributed by atoms with Gasteiger partial charge in [-0.05, 0) is 47.0 Å². The van der Waals surface area contributed by atoms with Gasteiger partial charge in [-0.15, -0.1) is 0 Å². The summed E-state index contributed by atoms with van der Waals surface area (Å²) in [4.78, 5) is 0. The van der Waals surface area contributed by atoms with E-state index in [2.05, 4.69) is 28.9 Å². The molecule has 0 amide bonds. The Bertz CT molecular complexity index is 316. The maximum absolute atomic E-state index is 5.74. The van der Waals surface area contributed by atoms with Crippen LogP contribution in [0.5, 0.6) is 0 Å². The van der Waals surface area contributed by atoms with E-state index in [9.17, 15) is 0 Å². The van der Waals surface area contributed by atoms with Gasteiger partial charge in [0.2, 0.25) is 0 Å². The van der Waals surface area contributed by atoms with Crippen molar-refractivity contribution < 1.29 is 0 Å². The number of allylic oxidation sites excluding steroid dienone is 1. The van der Waals surface area contributed by atoms with Gasteiger partial charge in [0.1, 0.15) is 0 Å². The fraction of sp³-hybridized carbons (Fsp3) is 0.200. The highest BCUT2D eigenvalue weighted by Gasteiger charge is 2.02. The third kappa shape index (κ3) is 1.69. The first-order valence-corrected chi connectivity index (χ1v) is 4.63. The summed E-state index contributed by atoms with van der Waals surface area (Å²) in [7, 11) is 0. The van der Waals surface area contributed by atoms with E-state index in [4.69, 9.17) is 5.73 Å². The minimum absolute atomic E-state index is 0.786. The summed E-state index contributed by atoms with van der Waals surface area (Å²) in [5, 5.41) is 0. The van der Waals surface area contributed by atoms with E-state index in [1.54, 1.807) is 0 Å². The zero-order chi connectivity index (χ0) is 9.14. The summed E-state index contributed by atoms with van der Waals surface area (Å²) >= 11 is 3.46. The molecular formula is C10H12BrN. The fourth-order valence-electron chi connectivity index (χ4n) is 1.08. The molecule has 64 valence electrons. The quantitative estimate of drug-likeness (QED) is 0.730. The van der Waals surface area contributed by atoms with Crippen molar-refractivity contribution in [1.82, 2.24) is 0 Å². The molecule has 0 atom stereocenters. The number of anilines is 1. The maximum Gasteiger partial charge on any atom is 0.0479 e. The Kier molecular flexibility index (Phi) is 2.93. The molecule has 0 radical (unpaired) electrons. The van der Waals surface area contributed by atoms with Gasteiger partial charge in [-0.3, -0.25) is 0 Å². The first-order valence-electron chi connectivity index (χ1n) is 3.84. The molecular weight excluding hydrogens is 214 g/mol. The monoisotopic (exact) mass is 225 g/mol. The molecule has 2 N–H and O–H groups in total. The van der Waals surface area contributed by atoms with Crippen LogP contribution in [-0.4, -0.2) is 0 Å². The van der Waals surface area contributed by atoms with E-state index in [1.807, 2.05) is 25.1 Å². The molecule has 0 saturated heterocycles. The van der Waals surface area contributed by atoms with E-state index in [-0.39, 0.29) is 0 Å². The Hall–Kier alpha value is -0.760. The van der Waals surface area contributed by atoms with Gasteiger partial charge in [-0.1, -0.05) is 18.2 Å². The zero-order valence-electron chi connectivity index (χ0n) is 7.26. The molecule has 0 spiro atoms. The van der Waals surface area contributed by atoms with Gasteiger partial charge >= 0.3 is 0 Å². The zero-order valence-corrected chi connectivity index (χ0v) is 8.85. The van der Waals surface area contributed by atoms with Crippen LogP contribution in [0.3, 0.4) is 0 Å². The summed E-state index contributed by atoms with van der Waals surface area (Å²) in [5.74, 6) is 0. The Balaban J connectivity index is 3.32. The smallest absolute Gasteiger partial charge is 0.0479 e. The van der Waals surface area contributed by atoms with Crippen molar-refractivity contribution in [2.24, 2.45) is 0 Å². The largest absolute Gasteiger partial charge is 0.398 e. The van der Waals surface area contributed by atoms with E-state index < -0.39 is 0 Å². The van der Waals surface area contributed by atoms with E-state index in [0.717, 1.165) is 15.7 Å². The molecule has 2 heteroatoms. The lowest BCUT2D eigenvalue weighted by molar-refractivity contribution is 1.42. The highest BCUT2D eigenvalue weighted by Crippen LogP contribution is 2.27. The number of nitrogens with two attached hydrogens (primary N) is 1. The molecule has 0 aliphatic rings. The van der Waals surface area contributed by atoms with Crippen LogP contribution in [0.4, 0.5) is 5.69 Å². The molecule has 1 aromatic carbocycles. The van der Waals surface area contributed by atoms with E-state index in [0.29, 0.717) is 0 Å². The van der Waals surface area contributed by atoms with Crippen molar-refractivity contribution in [3.63, 3.8) is 0 Å². The van der Waals surface area contributed by atoms with Crippen LogP contribution in [-0.2, 0) is 0 Å². The van der Waals surface area contributed by atoms with Crippen LogP contribution in [0.15, 0.2) is 22.7 Å². The summed E-state index contributed by atoms with van der Waals surface area (Å²) in [5.41, 5.74) is 8.92. The summed E-state index contributed by atoms with van der Waals surface area (Å²) < 4.78 is 0.987. The molecule has 1 nitrogen and oxygen atoms in total. The average molecular weight is 226 g/mol. The normalized spacial score (nSPS) is 10.9. The second-order valence-electron chi connectivity index (χ2n) is 2.70. The number of aryl methyl sites for hydroxylation is 1. The number of benzene rings is 1. The van der Waals surface area contributed by atoms with Crippen LogP contribution < -0.4 is 5.73 Å². The molecule has 0 heterocycles. The fourth-order valence-corrected chi connectivity index (χ4v) is 1.65. The maximum atomic E-state index is 5.74. The van der Waals surface area contributed by atoms with E-state index >= 15 is 0 Å². The van der Waals surface area contributed by atoms with Crippen LogP contribution in [0.1, 0.15) is 18.1 Å². The third-order valence-electron chi connectivity index (χ3n) is 1.76. The Labute approximate surface area is 81.4 Å². The van der Waals surface area contributed by atoms with E-state index in [1.165, 1.54) is 5.56 Å². The van der Waals surface area contributed by atoms with Crippen molar-refractivity contribution in [2.75, 3.05) is 5.73 Å². The topological polar surface area (TPSA) is 26.0 Å². The van der Waals surface area contributed by atoms with Gasteiger partial charge in [0, 0.05) is 10.2 Å². The standard InChI is InChI=1S/C10H12BrN/c1-3-4-8-7(2)5-6-9(12)10(8)11/h3-6H,12H2,1-2H3/b4-3-. The number of hydrogen-bond donors (Lipinski definition) is 1. The molecule has 12 heavy (non-hydrogen) atoms. The lowest BCUT2D eigenvalue weighted by Gasteiger charge is -2.05. The van der Waals surface area contributed by atoms with Crippen molar-refractivity contribution in [3.05, 3.63) is 33.8 Å². The van der Waals surface area contributed by atoms with Gasteiger partial charge < -0.3 is 5.73 Å². The molecule has 0 saturated carbocycles. The second-order valence-corrected chi connectivity index (χ2v) is 3.49. The van der Waals surface area contributed by atoms with Crippen molar-refractivity contribution in [2.45, 2.75) is 13.8 Å². The minimum Gasteiger partial charge on any atom is -0.398 e. The highest BCUT2D eigenvalue weighted by molar-refractivity contribution is 9.10. The van der Waals surface area contributed by atoms with Crippen LogP contribution >= 0.6 is 15.9 Å². The lowest BCUT2D eigenvalue weighted by atomic mass is 10.1. The van der Waals surface area contributed by atoms with Gasteiger partial charge in [0.25, 0.3) is 0 Å². The summed E-state index contributed by atoms with van der Waals surface area (Å²) in [6.45, 7) is 4.06. The van der Waals surface area contributed by atoms with Gasteiger partial charge in [-0.2, -0.15) is 0 Å². The molecule has 0 fully saturated rings. The SMILES string of the molecule is C/C=C\c1c(C)ccc(N)c1Br. The Morgan fingerprint density at radius 3 is 2.67 bits per heavy atom. The van der Waals surface area contributed by atoms with Gasteiger partial charge in [0.05, 0.1) is 0 Å². The predicted molar refractivity (Wildman–Crippen MR) is 58.0 cm³/mol. The van der Waals surface area contributed by atoms with Crippen LogP contribution in [0.2, 0.25) is 0 Å². The third-order valence-corrected chi connectivity index (χ3v) is 2.65. The first-order chi connectivity index (χ1) is 5.66. The van der Waals surface area contributed by atoms with Crippen molar-refractivity contribution in [1.29, 1.82) is 0 Å². The Morgan fingerprint density at radius 1 is 1.42 bits per heavy atom. The summed E-state index contributed by atoms with van der Waals surface area (Å²) in [6, 6.07) is 3.93. The molecule has 0 aliphatic carbocycles. The highest BCUT2D eigenvalue weighted by atomic mass is 79.9. The summed E-state index contributed by atoms with van der Waals surface area (Å²) in [6.07, 6.45) is 4.06. The Morgan fingerprint density at radius 2 is 2.08 bits per heavy atom. The van der Waals surface area contributed by atoms with Crippen molar-refractivity contribution in [3.8, 4) is 0 Å². The first kappa shape index (κ1) is 9.33. The molecule has 0 aliphatic heterocycles. The molecule has 1 aromatic rings. The number of rotatable bonds is 1. The van der Waals surface area contributed by atoms with Crippen LogP contribution in [0, 0.1) is 6.92 Å². The minimum atomic E-state index is 0.786. The van der Waals surface area contributed by atoms with Crippen LogP contribution in [0.25, 0.3) is 6.08 Å². The predicted octanol–water partition coefficient (Wildman–Crippen LogP) is 3.37. The van der Waals surface area contributed by atoms with Gasteiger partial charge in [-0.25, -0.2) is 0 Å². The van der Waals surface area contributed by atoms with Crippen molar-refractivity contribution >= 4 is 27.7 Å². The lowest BCUT2D eigenvalue weighted by Crippen LogP contribution is -1.90. The second kappa shape index (κ2) is 3.76. The van der Waals surface area contributed by atoms with Gasteiger partial charge in [0.15, 0.2) is 0 Å². The molecule has 0 bridgehead atoms. The average Bonchev–Trinajstić information content (AvgIpc) is 2.06. The number of nitrogen functional groups attached to an aromatic ring is 1. The number of hydrogen-bond acceptors (Lipinski definition) is 1. The number of halogens is 1.